The predicted octanol–water partition coefficient (Wildman–Crippen LogP) is 2.22. The second-order valence-corrected chi connectivity index (χ2v) is 4.83. The fourth-order valence-electron chi connectivity index (χ4n) is 1.98. The number of carbonyl (C=O) groups excluding carboxylic acids is 1. The van der Waals surface area contributed by atoms with Gasteiger partial charge in [0, 0.05) is 18.0 Å². The van der Waals surface area contributed by atoms with E-state index in [1.54, 1.807) is 30.6 Å². The van der Waals surface area contributed by atoms with Crippen LogP contribution < -0.4 is 0 Å². The Labute approximate surface area is 131 Å². The van der Waals surface area contributed by atoms with Crippen LogP contribution in [0.25, 0.3) is 0 Å². The van der Waals surface area contributed by atoms with Crippen LogP contribution in [0.5, 0.6) is 0 Å². The Morgan fingerprint density at radius 3 is 2.87 bits per heavy atom. The molecule has 2 aromatic heterocycles. The maximum absolute atomic E-state index is 13.5. The highest BCUT2D eigenvalue weighted by Crippen LogP contribution is 2.09. The fraction of sp³-hybridized carbons (Fsp3) is 0.125. The van der Waals surface area contributed by atoms with Crippen molar-refractivity contribution in [3.8, 4) is 0 Å². The fourth-order valence-corrected chi connectivity index (χ4v) is 1.98. The van der Waals surface area contributed by atoms with E-state index in [0.717, 1.165) is 5.56 Å². The zero-order chi connectivity index (χ0) is 16.1. The van der Waals surface area contributed by atoms with Crippen LogP contribution in [-0.2, 0) is 17.9 Å². The Morgan fingerprint density at radius 2 is 2.09 bits per heavy atom. The number of rotatable bonds is 5. The average Bonchev–Trinajstić information content (AvgIpc) is 3.03. The molecule has 0 spiro atoms. The molecule has 0 aliphatic carbocycles. The largest absolute Gasteiger partial charge is 0.456 e. The SMILES string of the molecule is O=C(OCc1ccccc1F)c1cn(Cc2cccnc2)nn1. The molecule has 0 radical (unpaired) electrons. The third-order valence-electron chi connectivity index (χ3n) is 3.13. The molecule has 116 valence electrons. The molecule has 0 saturated carbocycles. The molecule has 7 heteroatoms. The maximum Gasteiger partial charge on any atom is 0.360 e. The van der Waals surface area contributed by atoms with Crippen molar-refractivity contribution in [3.63, 3.8) is 0 Å². The van der Waals surface area contributed by atoms with Gasteiger partial charge in [-0.25, -0.2) is 13.9 Å². The van der Waals surface area contributed by atoms with Crippen molar-refractivity contribution in [2.45, 2.75) is 13.2 Å². The van der Waals surface area contributed by atoms with Gasteiger partial charge in [-0.3, -0.25) is 4.98 Å². The van der Waals surface area contributed by atoms with E-state index in [2.05, 4.69) is 15.3 Å². The number of hydrogen-bond donors (Lipinski definition) is 0. The minimum Gasteiger partial charge on any atom is -0.456 e. The predicted molar refractivity (Wildman–Crippen MR) is 78.9 cm³/mol. The quantitative estimate of drug-likeness (QED) is 0.676. The van der Waals surface area contributed by atoms with Crippen LogP contribution >= 0.6 is 0 Å². The molecule has 2 heterocycles. The van der Waals surface area contributed by atoms with Crippen molar-refractivity contribution in [2.75, 3.05) is 0 Å². The molecule has 0 aliphatic heterocycles. The Bertz CT molecular complexity index is 805. The molecular formula is C16H13FN4O2. The second-order valence-electron chi connectivity index (χ2n) is 4.83. The molecule has 0 fully saturated rings. The molecule has 3 rings (SSSR count). The molecule has 0 N–H and O–H groups in total. The van der Waals surface area contributed by atoms with Crippen LogP contribution in [0.4, 0.5) is 4.39 Å². The van der Waals surface area contributed by atoms with Gasteiger partial charge >= 0.3 is 5.97 Å². The smallest absolute Gasteiger partial charge is 0.360 e. The number of aromatic nitrogens is 4. The molecule has 3 aromatic rings. The Kier molecular flexibility index (Phi) is 4.37. The summed E-state index contributed by atoms with van der Waals surface area (Å²) in [7, 11) is 0. The molecule has 0 bridgehead atoms. The summed E-state index contributed by atoms with van der Waals surface area (Å²) in [5.74, 6) is -1.06. The first kappa shape index (κ1) is 14.8. The topological polar surface area (TPSA) is 69.9 Å². The number of benzene rings is 1. The van der Waals surface area contributed by atoms with E-state index in [4.69, 9.17) is 4.74 Å². The summed E-state index contributed by atoms with van der Waals surface area (Å²) in [6, 6.07) is 9.83. The first-order valence-corrected chi connectivity index (χ1v) is 6.92. The molecule has 1 aromatic carbocycles. The van der Waals surface area contributed by atoms with Gasteiger partial charge in [-0.05, 0) is 17.7 Å². The summed E-state index contributed by atoms with van der Waals surface area (Å²) in [4.78, 5) is 15.9. The normalized spacial score (nSPS) is 10.5. The van der Waals surface area contributed by atoms with E-state index < -0.39 is 11.8 Å². The van der Waals surface area contributed by atoms with Crippen molar-refractivity contribution >= 4 is 5.97 Å². The highest BCUT2D eigenvalue weighted by molar-refractivity contribution is 5.86. The van der Waals surface area contributed by atoms with Crippen LogP contribution in [0.3, 0.4) is 0 Å². The van der Waals surface area contributed by atoms with Gasteiger partial charge < -0.3 is 4.74 Å². The highest BCUT2D eigenvalue weighted by atomic mass is 19.1. The zero-order valence-corrected chi connectivity index (χ0v) is 12.1. The van der Waals surface area contributed by atoms with E-state index >= 15 is 0 Å². The average molecular weight is 312 g/mol. The maximum atomic E-state index is 13.5. The molecule has 0 aliphatic rings. The standard InChI is InChI=1S/C16H13FN4O2/c17-14-6-2-1-5-13(14)11-23-16(22)15-10-21(20-19-15)9-12-4-3-7-18-8-12/h1-8,10H,9,11H2. The lowest BCUT2D eigenvalue weighted by molar-refractivity contribution is 0.0462. The first-order valence-electron chi connectivity index (χ1n) is 6.92. The van der Waals surface area contributed by atoms with E-state index in [0.29, 0.717) is 12.1 Å². The number of nitrogens with zero attached hydrogens (tertiary/aromatic N) is 4. The van der Waals surface area contributed by atoms with Crippen LogP contribution in [0.2, 0.25) is 0 Å². The van der Waals surface area contributed by atoms with Crippen molar-refractivity contribution in [2.24, 2.45) is 0 Å². The van der Waals surface area contributed by atoms with Crippen molar-refractivity contribution in [1.29, 1.82) is 0 Å². The molecule has 23 heavy (non-hydrogen) atoms. The van der Waals surface area contributed by atoms with Gasteiger partial charge in [-0.15, -0.1) is 5.10 Å². The van der Waals surface area contributed by atoms with Crippen molar-refractivity contribution < 1.29 is 13.9 Å². The number of esters is 1. The van der Waals surface area contributed by atoms with E-state index in [-0.39, 0.29) is 12.3 Å². The van der Waals surface area contributed by atoms with Gasteiger partial charge in [0.2, 0.25) is 0 Å². The summed E-state index contributed by atoms with van der Waals surface area (Å²) < 4.78 is 20.0. The third-order valence-corrected chi connectivity index (χ3v) is 3.13. The molecular weight excluding hydrogens is 299 g/mol. The number of ether oxygens (including phenoxy) is 1. The van der Waals surface area contributed by atoms with E-state index in [1.165, 1.54) is 16.9 Å². The van der Waals surface area contributed by atoms with Gasteiger partial charge in [0.15, 0.2) is 5.69 Å². The van der Waals surface area contributed by atoms with Crippen LogP contribution in [0.1, 0.15) is 21.6 Å². The van der Waals surface area contributed by atoms with Gasteiger partial charge in [0.05, 0.1) is 12.7 Å². The first-order chi connectivity index (χ1) is 11.2. The number of halogens is 1. The molecule has 6 nitrogen and oxygen atoms in total. The monoisotopic (exact) mass is 312 g/mol. The zero-order valence-electron chi connectivity index (χ0n) is 12.1. The second kappa shape index (κ2) is 6.78. The Balaban J connectivity index is 1.61. The minimum atomic E-state index is -0.648. The van der Waals surface area contributed by atoms with Crippen molar-refractivity contribution in [1.82, 2.24) is 20.0 Å². The van der Waals surface area contributed by atoms with Crippen LogP contribution in [-0.4, -0.2) is 25.9 Å². The molecule has 0 saturated heterocycles. The Hall–Kier alpha value is -3.09. The van der Waals surface area contributed by atoms with Crippen molar-refractivity contribution in [3.05, 3.63) is 77.6 Å². The summed E-state index contributed by atoms with van der Waals surface area (Å²) in [5, 5.41) is 7.64. The number of pyridine rings is 1. The summed E-state index contributed by atoms with van der Waals surface area (Å²) in [5.41, 5.74) is 1.32. The lowest BCUT2D eigenvalue weighted by Gasteiger charge is -2.03. The summed E-state index contributed by atoms with van der Waals surface area (Å²) in [6.45, 7) is 0.294. The summed E-state index contributed by atoms with van der Waals surface area (Å²) >= 11 is 0. The molecule has 0 unspecified atom stereocenters. The number of hydrogen-bond acceptors (Lipinski definition) is 5. The highest BCUT2D eigenvalue weighted by Gasteiger charge is 2.13. The van der Waals surface area contributed by atoms with Crippen LogP contribution in [0, 0.1) is 5.82 Å². The third kappa shape index (κ3) is 3.76. The Morgan fingerprint density at radius 1 is 1.22 bits per heavy atom. The lowest BCUT2D eigenvalue weighted by atomic mass is 10.2. The van der Waals surface area contributed by atoms with Crippen LogP contribution in [0.15, 0.2) is 55.0 Å². The molecule has 0 atom stereocenters. The minimum absolute atomic E-state index is 0.0743. The van der Waals surface area contributed by atoms with Gasteiger partial charge in [-0.1, -0.05) is 29.5 Å². The van der Waals surface area contributed by atoms with E-state index in [9.17, 15) is 9.18 Å². The van der Waals surface area contributed by atoms with Gasteiger partial charge in [0.25, 0.3) is 0 Å². The lowest BCUT2D eigenvalue weighted by Crippen LogP contribution is -2.06. The van der Waals surface area contributed by atoms with Gasteiger partial charge in [-0.2, -0.15) is 0 Å². The summed E-state index contributed by atoms with van der Waals surface area (Å²) in [6.07, 6.45) is 4.87. The molecule has 0 amide bonds. The number of carbonyl (C=O) groups is 1. The van der Waals surface area contributed by atoms with E-state index in [1.807, 2.05) is 12.1 Å². The van der Waals surface area contributed by atoms with Gasteiger partial charge in [0.1, 0.15) is 12.4 Å².